The third-order valence-electron chi connectivity index (χ3n) is 2.04. The lowest BCUT2D eigenvalue weighted by molar-refractivity contribution is 0.0949. The molecule has 0 bridgehead atoms. The van der Waals surface area contributed by atoms with Gasteiger partial charge in [-0.25, -0.2) is 4.98 Å². The van der Waals surface area contributed by atoms with Crippen molar-refractivity contribution in [1.29, 1.82) is 0 Å². The summed E-state index contributed by atoms with van der Waals surface area (Å²) in [6, 6.07) is 0. The number of nitrogens with one attached hydrogen (secondary N) is 2. The molecule has 0 saturated heterocycles. The van der Waals surface area contributed by atoms with Gasteiger partial charge in [0, 0.05) is 6.54 Å². The highest BCUT2D eigenvalue weighted by atomic mass is 35.5. The number of carbonyl (C=O) groups is 1. The summed E-state index contributed by atoms with van der Waals surface area (Å²) in [6.45, 7) is 3.50. The van der Waals surface area contributed by atoms with Crippen molar-refractivity contribution in [2.24, 2.45) is 0 Å². The van der Waals surface area contributed by atoms with Crippen LogP contribution in [0.25, 0.3) is 0 Å². The fourth-order valence-electron chi connectivity index (χ4n) is 1.19. The number of hydrogen-bond acceptors (Lipinski definition) is 4. The Morgan fingerprint density at radius 3 is 2.81 bits per heavy atom. The standard InChI is InChI=1S/C10H16ClN3OS/c1-3-7-14-8(9(11)16-7)10(15)13-6-4-5-12-2/h12H,3-6H2,1-2H3,(H,13,15). The summed E-state index contributed by atoms with van der Waals surface area (Å²) in [5.74, 6) is -0.183. The predicted molar refractivity (Wildman–Crippen MR) is 67.4 cm³/mol. The smallest absolute Gasteiger partial charge is 0.272 e. The number of amides is 1. The van der Waals surface area contributed by atoms with Crippen LogP contribution < -0.4 is 10.6 Å². The highest BCUT2D eigenvalue weighted by Gasteiger charge is 2.15. The van der Waals surface area contributed by atoms with Crippen molar-refractivity contribution in [3.8, 4) is 0 Å². The predicted octanol–water partition coefficient (Wildman–Crippen LogP) is 1.70. The van der Waals surface area contributed by atoms with Gasteiger partial charge in [-0.1, -0.05) is 18.5 Å². The van der Waals surface area contributed by atoms with E-state index in [4.69, 9.17) is 11.6 Å². The monoisotopic (exact) mass is 261 g/mol. The van der Waals surface area contributed by atoms with Gasteiger partial charge in [-0.2, -0.15) is 0 Å². The summed E-state index contributed by atoms with van der Waals surface area (Å²) in [4.78, 5) is 15.9. The van der Waals surface area contributed by atoms with E-state index < -0.39 is 0 Å². The first kappa shape index (κ1) is 13.4. The highest BCUT2D eigenvalue weighted by Crippen LogP contribution is 2.24. The molecule has 0 fully saturated rings. The van der Waals surface area contributed by atoms with Crippen molar-refractivity contribution in [1.82, 2.24) is 15.6 Å². The molecule has 16 heavy (non-hydrogen) atoms. The molecule has 0 aliphatic carbocycles. The number of halogens is 1. The second kappa shape index (κ2) is 6.83. The zero-order valence-electron chi connectivity index (χ0n) is 9.47. The Balaban J connectivity index is 2.49. The zero-order valence-corrected chi connectivity index (χ0v) is 11.0. The van der Waals surface area contributed by atoms with Gasteiger partial charge < -0.3 is 10.6 Å². The summed E-state index contributed by atoms with van der Waals surface area (Å²) in [5.41, 5.74) is 0.355. The lowest BCUT2D eigenvalue weighted by atomic mass is 10.4. The van der Waals surface area contributed by atoms with Gasteiger partial charge >= 0.3 is 0 Å². The van der Waals surface area contributed by atoms with Crippen LogP contribution in [0.15, 0.2) is 0 Å². The van der Waals surface area contributed by atoms with E-state index in [2.05, 4.69) is 15.6 Å². The number of nitrogens with zero attached hydrogens (tertiary/aromatic N) is 1. The molecule has 0 aliphatic heterocycles. The Labute approximate surface area is 104 Å². The van der Waals surface area contributed by atoms with E-state index in [9.17, 15) is 4.79 Å². The van der Waals surface area contributed by atoms with E-state index in [0.29, 0.717) is 16.6 Å². The fourth-order valence-corrected chi connectivity index (χ4v) is 2.30. The molecule has 4 nitrogen and oxygen atoms in total. The van der Waals surface area contributed by atoms with Crippen molar-refractivity contribution in [2.45, 2.75) is 19.8 Å². The van der Waals surface area contributed by atoms with Crippen LogP contribution in [-0.4, -0.2) is 31.0 Å². The van der Waals surface area contributed by atoms with Crippen molar-refractivity contribution in [2.75, 3.05) is 20.1 Å². The average molecular weight is 262 g/mol. The van der Waals surface area contributed by atoms with Crippen LogP contribution in [-0.2, 0) is 6.42 Å². The average Bonchev–Trinajstić information content (AvgIpc) is 2.66. The minimum Gasteiger partial charge on any atom is -0.351 e. The largest absolute Gasteiger partial charge is 0.351 e. The SMILES string of the molecule is CCc1nc(C(=O)NCCCNC)c(Cl)s1. The molecular weight excluding hydrogens is 246 g/mol. The van der Waals surface area contributed by atoms with Crippen LogP contribution in [0.3, 0.4) is 0 Å². The summed E-state index contributed by atoms with van der Waals surface area (Å²) in [6.07, 6.45) is 1.70. The van der Waals surface area contributed by atoms with Gasteiger partial charge in [0.2, 0.25) is 0 Å². The molecule has 0 radical (unpaired) electrons. The molecule has 0 atom stereocenters. The number of aromatic nitrogens is 1. The fraction of sp³-hybridized carbons (Fsp3) is 0.600. The van der Waals surface area contributed by atoms with Crippen LogP contribution in [0.1, 0.15) is 28.8 Å². The second-order valence-electron chi connectivity index (χ2n) is 3.30. The minimum atomic E-state index is -0.183. The van der Waals surface area contributed by atoms with Crippen molar-refractivity contribution < 1.29 is 4.79 Å². The Morgan fingerprint density at radius 1 is 1.50 bits per heavy atom. The van der Waals surface area contributed by atoms with E-state index >= 15 is 0 Å². The van der Waals surface area contributed by atoms with E-state index in [0.717, 1.165) is 24.4 Å². The molecule has 1 rings (SSSR count). The van der Waals surface area contributed by atoms with E-state index in [1.165, 1.54) is 11.3 Å². The quantitative estimate of drug-likeness (QED) is 0.767. The first-order valence-corrected chi connectivity index (χ1v) is 6.46. The number of hydrogen-bond donors (Lipinski definition) is 2. The highest BCUT2D eigenvalue weighted by molar-refractivity contribution is 7.16. The molecule has 6 heteroatoms. The van der Waals surface area contributed by atoms with E-state index in [-0.39, 0.29) is 5.91 Å². The van der Waals surface area contributed by atoms with Gasteiger partial charge in [0.1, 0.15) is 4.34 Å². The number of carbonyl (C=O) groups excluding carboxylic acids is 1. The number of thiazole rings is 1. The molecule has 1 aromatic heterocycles. The van der Waals surface area contributed by atoms with Crippen molar-refractivity contribution >= 4 is 28.8 Å². The molecule has 0 unspecified atom stereocenters. The third-order valence-corrected chi connectivity index (χ3v) is 3.44. The normalized spacial score (nSPS) is 10.4. The Kier molecular flexibility index (Phi) is 5.73. The topological polar surface area (TPSA) is 54.0 Å². The van der Waals surface area contributed by atoms with Crippen molar-refractivity contribution in [3.05, 3.63) is 15.0 Å². The van der Waals surface area contributed by atoms with Crippen LogP contribution in [0, 0.1) is 0 Å². The Morgan fingerprint density at radius 2 is 2.25 bits per heavy atom. The molecule has 2 N–H and O–H groups in total. The molecule has 1 amide bonds. The van der Waals surface area contributed by atoms with E-state index in [1.54, 1.807) is 0 Å². The molecule has 0 aliphatic rings. The lowest BCUT2D eigenvalue weighted by Crippen LogP contribution is -2.27. The van der Waals surface area contributed by atoms with Gasteiger partial charge in [-0.05, 0) is 26.4 Å². The third kappa shape index (κ3) is 3.73. The molecule has 0 aromatic carbocycles. The molecule has 1 aromatic rings. The molecule has 0 saturated carbocycles. The first-order valence-electron chi connectivity index (χ1n) is 5.27. The molecule has 0 spiro atoms. The van der Waals surface area contributed by atoms with Crippen molar-refractivity contribution in [3.63, 3.8) is 0 Å². The van der Waals surface area contributed by atoms with Gasteiger partial charge in [-0.15, -0.1) is 11.3 Å². The first-order chi connectivity index (χ1) is 7.69. The van der Waals surface area contributed by atoms with Crippen LogP contribution in [0.5, 0.6) is 0 Å². The van der Waals surface area contributed by atoms with Gasteiger partial charge in [0.05, 0.1) is 5.01 Å². The maximum atomic E-state index is 11.7. The molecular formula is C10H16ClN3OS. The van der Waals surface area contributed by atoms with Crippen LogP contribution in [0.4, 0.5) is 0 Å². The number of aryl methyl sites for hydroxylation is 1. The summed E-state index contributed by atoms with van der Waals surface area (Å²) >= 11 is 7.31. The van der Waals surface area contributed by atoms with Crippen LogP contribution >= 0.6 is 22.9 Å². The number of rotatable bonds is 6. The second-order valence-corrected chi connectivity index (χ2v) is 4.98. The van der Waals surface area contributed by atoms with E-state index in [1.807, 2.05) is 14.0 Å². The summed E-state index contributed by atoms with van der Waals surface area (Å²) in [5, 5.41) is 6.70. The van der Waals surface area contributed by atoms with Gasteiger partial charge in [-0.3, -0.25) is 4.79 Å². The van der Waals surface area contributed by atoms with Crippen LogP contribution in [0.2, 0.25) is 4.34 Å². The van der Waals surface area contributed by atoms with Gasteiger partial charge in [0.25, 0.3) is 5.91 Å². The molecule has 1 heterocycles. The summed E-state index contributed by atoms with van der Waals surface area (Å²) in [7, 11) is 1.88. The maximum absolute atomic E-state index is 11.7. The zero-order chi connectivity index (χ0) is 12.0. The summed E-state index contributed by atoms with van der Waals surface area (Å²) < 4.78 is 0.475. The Hall–Kier alpha value is -0.650. The maximum Gasteiger partial charge on any atom is 0.272 e. The Bertz CT molecular complexity index is 354. The van der Waals surface area contributed by atoms with Gasteiger partial charge in [0.15, 0.2) is 5.69 Å². The lowest BCUT2D eigenvalue weighted by Gasteiger charge is -2.02. The minimum absolute atomic E-state index is 0.183. The molecule has 90 valence electrons.